The second-order valence-corrected chi connectivity index (χ2v) is 6.43. The van der Waals surface area contributed by atoms with Crippen LogP contribution < -0.4 is 9.47 Å². The Bertz CT molecular complexity index is 618. The van der Waals surface area contributed by atoms with Crippen LogP contribution in [0.15, 0.2) is 24.3 Å². The number of hydrogen-bond donors (Lipinski definition) is 1. The van der Waals surface area contributed by atoms with Gasteiger partial charge in [0.25, 0.3) is 0 Å². The van der Waals surface area contributed by atoms with Gasteiger partial charge in [0.05, 0.1) is 18.6 Å². The molecule has 0 unspecified atom stereocenters. The number of hydrogen-bond acceptors (Lipinski definition) is 4. The van der Waals surface area contributed by atoms with Gasteiger partial charge in [0.1, 0.15) is 6.10 Å². The highest BCUT2D eigenvalue weighted by Crippen LogP contribution is 2.55. The molecular weight excluding hydrogens is 393 g/mol. The fourth-order valence-corrected chi connectivity index (χ4v) is 4.08. The standard InChI is InChI=1S/C17H21NO3.HI/c1-18-8-7-17-6-5-12(19)9-14(17)21-16-13(20-2)4-3-11(10-18)15(16)17;/h3-6,12,14,19H,7-10H2,1-2H3;1H/t12-,14-,17-;/m0./s1. The van der Waals surface area contributed by atoms with E-state index in [1.807, 2.05) is 12.1 Å². The number of nitrogens with zero attached hydrogens (tertiary/aromatic N) is 1. The molecule has 3 aliphatic rings. The lowest BCUT2D eigenvalue weighted by atomic mass is 9.69. The third-order valence-electron chi connectivity index (χ3n) is 5.15. The van der Waals surface area contributed by atoms with E-state index in [9.17, 15) is 5.11 Å². The fraction of sp³-hybridized carbons (Fsp3) is 0.529. The molecule has 1 N–H and O–H groups in total. The zero-order chi connectivity index (χ0) is 14.6. The molecule has 1 aromatic carbocycles. The predicted octanol–water partition coefficient (Wildman–Crippen LogP) is 2.47. The largest absolute Gasteiger partial charge is 0.493 e. The molecule has 0 saturated carbocycles. The molecule has 1 spiro atoms. The summed E-state index contributed by atoms with van der Waals surface area (Å²) in [5.74, 6) is 1.68. The number of aliphatic hydroxyl groups is 1. The minimum Gasteiger partial charge on any atom is -0.493 e. The second-order valence-electron chi connectivity index (χ2n) is 6.43. The number of aliphatic hydroxyl groups excluding tert-OH is 1. The summed E-state index contributed by atoms with van der Waals surface area (Å²) < 4.78 is 11.8. The molecule has 2 aliphatic heterocycles. The first-order chi connectivity index (χ1) is 10.1. The van der Waals surface area contributed by atoms with Gasteiger partial charge >= 0.3 is 0 Å². The Kier molecular flexibility index (Phi) is 4.16. The lowest BCUT2D eigenvalue weighted by molar-refractivity contribution is 0.0821. The zero-order valence-corrected chi connectivity index (χ0v) is 15.2. The first-order valence-electron chi connectivity index (χ1n) is 7.57. The Labute approximate surface area is 148 Å². The van der Waals surface area contributed by atoms with Crippen LogP contribution in [0.4, 0.5) is 0 Å². The molecule has 0 radical (unpaired) electrons. The van der Waals surface area contributed by atoms with Gasteiger partial charge in [0.15, 0.2) is 11.5 Å². The molecule has 1 aromatic rings. The molecule has 3 atom stereocenters. The third kappa shape index (κ3) is 2.17. The molecule has 5 heteroatoms. The van der Waals surface area contributed by atoms with E-state index in [2.05, 4.69) is 24.1 Å². The van der Waals surface area contributed by atoms with E-state index in [-0.39, 0.29) is 35.5 Å². The van der Waals surface area contributed by atoms with Crippen molar-refractivity contribution < 1.29 is 14.6 Å². The Balaban J connectivity index is 0.00000144. The van der Waals surface area contributed by atoms with Crippen LogP contribution in [0.25, 0.3) is 0 Å². The van der Waals surface area contributed by atoms with Crippen molar-refractivity contribution in [1.29, 1.82) is 0 Å². The van der Waals surface area contributed by atoms with Crippen LogP contribution in [0.5, 0.6) is 11.5 Å². The maximum absolute atomic E-state index is 9.97. The molecule has 4 nitrogen and oxygen atoms in total. The van der Waals surface area contributed by atoms with Gasteiger partial charge in [-0.1, -0.05) is 18.2 Å². The van der Waals surface area contributed by atoms with Crippen molar-refractivity contribution in [3.05, 3.63) is 35.4 Å². The number of ether oxygens (including phenoxy) is 2. The summed E-state index contributed by atoms with van der Waals surface area (Å²) in [5.41, 5.74) is 2.48. The summed E-state index contributed by atoms with van der Waals surface area (Å²) in [6, 6.07) is 4.16. The average molecular weight is 415 g/mol. The molecule has 0 saturated heterocycles. The van der Waals surface area contributed by atoms with Crippen LogP contribution in [0.3, 0.4) is 0 Å². The van der Waals surface area contributed by atoms with Crippen molar-refractivity contribution in [3.8, 4) is 11.5 Å². The van der Waals surface area contributed by atoms with Gasteiger partial charge in [-0.25, -0.2) is 0 Å². The Morgan fingerprint density at radius 1 is 1.41 bits per heavy atom. The molecule has 22 heavy (non-hydrogen) atoms. The zero-order valence-electron chi connectivity index (χ0n) is 12.9. The predicted molar refractivity (Wildman–Crippen MR) is 95.2 cm³/mol. The van der Waals surface area contributed by atoms with Gasteiger partial charge in [-0.05, 0) is 31.6 Å². The second kappa shape index (κ2) is 5.69. The van der Waals surface area contributed by atoms with Crippen LogP contribution in [-0.4, -0.2) is 42.9 Å². The van der Waals surface area contributed by atoms with Crippen molar-refractivity contribution in [1.82, 2.24) is 4.90 Å². The number of rotatable bonds is 1. The van der Waals surface area contributed by atoms with Crippen molar-refractivity contribution in [2.75, 3.05) is 20.7 Å². The summed E-state index contributed by atoms with van der Waals surface area (Å²) in [7, 11) is 3.84. The molecule has 4 rings (SSSR count). The lowest BCUT2D eigenvalue weighted by Gasteiger charge is -2.35. The van der Waals surface area contributed by atoms with Crippen LogP contribution in [0, 0.1) is 0 Å². The van der Waals surface area contributed by atoms with E-state index in [0.29, 0.717) is 6.42 Å². The highest BCUT2D eigenvalue weighted by atomic mass is 127. The van der Waals surface area contributed by atoms with E-state index >= 15 is 0 Å². The Hall–Kier alpha value is -0.790. The maximum atomic E-state index is 9.97. The number of halogens is 1. The van der Waals surface area contributed by atoms with Crippen LogP contribution in [0.2, 0.25) is 0 Å². The van der Waals surface area contributed by atoms with Gasteiger partial charge in [0.2, 0.25) is 0 Å². The summed E-state index contributed by atoms with van der Waals surface area (Å²) in [6.07, 6.45) is 5.38. The van der Waals surface area contributed by atoms with Gasteiger partial charge in [-0.2, -0.15) is 0 Å². The SMILES string of the molecule is COc1ccc2c3c1O[C@H]1C[C@@H](O)C=C[C@@]31CCN(C)C2.I. The summed E-state index contributed by atoms with van der Waals surface area (Å²) in [5, 5.41) is 9.97. The van der Waals surface area contributed by atoms with Crippen molar-refractivity contribution in [2.24, 2.45) is 0 Å². The van der Waals surface area contributed by atoms with Crippen LogP contribution >= 0.6 is 24.0 Å². The molecule has 1 aliphatic carbocycles. The van der Waals surface area contributed by atoms with E-state index in [1.54, 1.807) is 7.11 Å². The Morgan fingerprint density at radius 3 is 3.00 bits per heavy atom. The quantitative estimate of drug-likeness (QED) is 0.566. The van der Waals surface area contributed by atoms with E-state index in [0.717, 1.165) is 31.0 Å². The van der Waals surface area contributed by atoms with E-state index < -0.39 is 6.10 Å². The van der Waals surface area contributed by atoms with Gasteiger partial charge < -0.3 is 19.5 Å². The number of benzene rings is 1. The molecule has 120 valence electrons. The number of methoxy groups -OCH3 is 1. The average Bonchev–Trinajstić information content (AvgIpc) is 2.72. The first-order valence-corrected chi connectivity index (χ1v) is 7.57. The van der Waals surface area contributed by atoms with Crippen LogP contribution in [-0.2, 0) is 12.0 Å². The topological polar surface area (TPSA) is 41.9 Å². The smallest absolute Gasteiger partial charge is 0.166 e. The summed E-state index contributed by atoms with van der Waals surface area (Å²) in [6.45, 7) is 1.96. The van der Waals surface area contributed by atoms with Crippen molar-refractivity contribution >= 4 is 24.0 Å². The van der Waals surface area contributed by atoms with Crippen molar-refractivity contribution in [2.45, 2.75) is 37.0 Å². The third-order valence-corrected chi connectivity index (χ3v) is 5.15. The summed E-state index contributed by atoms with van der Waals surface area (Å²) >= 11 is 0. The summed E-state index contributed by atoms with van der Waals surface area (Å²) in [4.78, 5) is 2.35. The molecule has 0 fully saturated rings. The highest BCUT2D eigenvalue weighted by molar-refractivity contribution is 14.0. The van der Waals surface area contributed by atoms with Gasteiger partial charge in [0, 0.05) is 18.5 Å². The Morgan fingerprint density at radius 2 is 2.23 bits per heavy atom. The van der Waals surface area contributed by atoms with Gasteiger partial charge in [-0.15, -0.1) is 24.0 Å². The fourth-order valence-electron chi connectivity index (χ4n) is 4.08. The maximum Gasteiger partial charge on any atom is 0.166 e. The van der Waals surface area contributed by atoms with Gasteiger partial charge in [-0.3, -0.25) is 0 Å². The van der Waals surface area contributed by atoms with E-state index in [1.165, 1.54) is 11.1 Å². The molecule has 0 bridgehead atoms. The van der Waals surface area contributed by atoms with E-state index in [4.69, 9.17) is 9.47 Å². The monoisotopic (exact) mass is 415 g/mol. The highest BCUT2D eigenvalue weighted by Gasteiger charge is 2.52. The molecule has 2 heterocycles. The minimum atomic E-state index is -0.412. The normalized spacial score (nSPS) is 32.3. The molecular formula is C17H22INO3. The van der Waals surface area contributed by atoms with Crippen LogP contribution in [0.1, 0.15) is 24.0 Å². The lowest BCUT2D eigenvalue weighted by Crippen LogP contribution is -2.42. The first kappa shape index (κ1) is 16.1. The minimum absolute atomic E-state index is 0. The molecule has 0 aromatic heterocycles. The molecule has 0 amide bonds. The van der Waals surface area contributed by atoms with Crippen molar-refractivity contribution in [3.63, 3.8) is 0 Å².